The molecule has 1 aliphatic rings. The molecule has 6 nitrogen and oxygen atoms in total. The van der Waals surface area contributed by atoms with Crippen molar-refractivity contribution < 1.29 is 18.3 Å². The number of hydrogen-bond acceptors (Lipinski definition) is 4. The molecule has 1 aromatic carbocycles. The van der Waals surface area contributed by atoms with Crippen LogP contribution in [0.3, 0.4) is 0 Å². The van der Waals surface area contributed by atoms with Crippen molar-refractivity contribution in [1.29, 1.82) is 0 Å². The molecule has 1 atom stereocenters. The Morgan fingerprint density at radius 3 is 2.35 bits per heavy atom. The summed E-state index contributed by atoms with van der Waals surface area (Å²) in [5, 5.41) is 8.82. The van der Waals surface area contributed by atoms with Crippen LogP contribution >= 0.6 is 0 Å². The van der Waals surface area contributed by atoms with E-state index in [0.29, 0.717) is 13.1 Å². The fourth-order valence-electron chi connectivity index (χ4n) is 2.27. The molecule has 1 aromatic rings. The third-order valence-corrected chi connectivity index (χ3v) is 5.47. The highest BCUT2D eigenvalue weighted by molar-refractivity contribution is 7.89. The third kappa shape index (κ3) is 2.84. The van der Waals surface area contributed by atoms with Gasteiger partial charge in [0.05, 0.1) is 10.5 Å². The van der Waals surface area contributed by atoms with Crippen LogP contribution in [0.25, 0.3) is 0 Å². The standard InChI is InChI=1S/C13H18N2O4S/c1-14(2)11-7-8-15(9-11)20(18,19)12-5-3-10(4-6-12)13(16)17/h3-6,11H,7-9H2,1-2H3,(H,16,17). The average Bonchev–Trinajstić information content (AvgIpc) is 2.89. The first kappa shape index (κ1) is 15.0. The number of carboxylic acid groups (broad SMARTS) is 1. The van der Waals surface area contributed by atoms with Crippen LogP contribution in [-0.4, -0.2) is 61.9 Å². The molecule has 110 valence electrons. The molecule has 0 spiro atoms. The molecule has 20 heavy (non-hydrogen) atoms. The second kappa shape index (κ2) is 5.51. The molecule has 1 saturated heterocycles. The molecule has 1 unspecified atom stereocenters. The van der Waals surface area contributed by atoms with Crippen molar-refractivity contribution in [3.63, 3.8) is 0 Å². The lowest BCUT2D eigenvalue weighted by Crippen LogP contribution is -2.34. The first-order valence-corrected chi connectivity index (χ1v) is 7.76. The van der Waals surface area contributed by atoms with Crippen molar-refractivity contribution in [3.05, 3.63) is 29.8 Å². The van der Waals surface area contributed by atoms with Gasteiger partial charge in [0, 0.05) is 19.1 Å². The molecule has 1 fully saturated rings. The summed E-state index contributed by atoms with van der Waals surface area (Å²) in [7, 11) is 0.332. The van der Waals surface area contributed by atoms with Crippen LogP contribution in [0.2, 0.25) is 0 Å². The van der Waals surface area contributed by atoms with Gasteiger partial charge in [0.2, 0.25) is 10.0 Å². The van der Waals surface area contributed by atoms with E-state index in [9.17, 15) is 13.2 Å². The van der Waals surface area contributed by atoms with Crippen molar-refractivity contribution in [2.24, 2.45) is 0 Å². The van der Waals surface area contributed by atoms with E-state index in [4.69, 9.17) is 5.11 Å². The van der Waals surface area contributed by atoms with E-state index < -0.39 is 16.0 Å². The highest BCUT2D eigenvalue weighted by atomic mass is 32.2. The molecule has 0 amide bonds. The minimum atomic E-state index is -3.53. The van der Waals surface area contributed by atoms with Crippen molar-refractivity contribution >= 4 is 16.0 Å². The van der Waals surface area contributed by atoms with E-state index in [0.717, 1.165) is 6.42 Å². The summed E-state index contributed by atoms with van der Waals surface area (Å²) in [6.07, 6.45) is 0.805. The molecule has 7 heteroatoms. The summed E-state index contributed by atoms with van der Waals surface area (Å²) in [5.41, 5.74) is 0.0801. The number of carboxylic acids is 1. The largest absolute Gasteiger partial charge is 0.478 e. The fourth-order valence-corrected chi connectivity index (χ4v) is 3.76. The normalized spacial score (nSPS) is 20.4. The maximum Gasteiger partial charge on any atom is 0.335 e. The number of carbonyl (C=O) groups is 1. The molecular formula is C13H18N2O4S. The number of sulfonamides is 1. The van der Waals surface area contributed by atoms with Crippen molar-refractivity contribution in [3.8, 4) is 0 Å². The minimum Gasteiger partial charge on any atom is -0.478 e. The summed E-state index contributed by atoms with van der Waals surface area (Å²) < 4.78 is 26.3. The maximum absolute atomic E-state index is 12.4. The van der Waals surface area contributed by atoms with Crippen molar-refractivity contribution in [1.82, 2.24) is 9.21 Å². The summed E-state index contributed by atoms with van der Waals surface area (Å²) in [4.78, 5) is 12.9. The van der Waals surface area contributed by atoms with Gasteiger partial charge in [0.25, 0.3) is 0 Å². The summed E-state index contributed by atoms with van der Waals surface area (Å²) in [5.74, 6) is -1.07. The second-order valence-electron chi connectivity index (χ2n) is 5.10. The van der Waals surface area contributed by atoms with Gasteiger partial charge in [-0.2, -0.15) is 4.31 Å². The van der Waals surface area contributed by atoms with Gasteiger partial charge in [0.1, 0.15) is 0 Å². The number of hydrogen-bond donors (Lipinski definition) is 1. The Balaban J connectivity index is 2.21. The van der Waals surface area contributed by atoms with E-state index in [1.807, 2.05) is 19.0 Å². The number of nitrogens with zero attached hydrogens (tertiary/aromatic N) is 2. The highest BCUT2D eigenvalue weighted by Gasteiger charge is 2.33. The zero-order chi connectivity index (χ0) is 14.9. The summed E-state index contributed by atoms with van der Waals surface area (Å²) in [6, 6.07) is 5.55. The molecule has 0 aliphatic carbocycles. The highest BCUT2D eigenvalue weighted by Crippen LogP contribution is 2.23. The van der Waals surface area contributed by atoms with Crippen molar-refractivity contribution in [2.75, 3.05) is 27.2 Å². The van der Waals surface area contributed by atoms with Gasteiger partial charge in [0.15, 0.2) is 0 Å². The number of likely N-dealkylation sites (N-methyl/N-ethyl adjacent to an activating group) is 1. The van der Waals surface area contributed by atoms with E-state index in [2.05, 4.69) is 0 Å². The van der Waals surface area contributed by atoms with Crippen LogP contribution in [0.5, 0.6) is 0 Å². The molecule has 0 radical (unpaired) electrons. The lowest BCUT2D eigenvalue weighted by atomic mass is 10.2. The maximum atomic E-state index is 12.4. The quantitative estimate of drug-likeness (QED) is 0.886. The number of rotatable bonds is 4. The predicted molar refractivity (Wildman–Crippen MR) is 74.3 cm³/mol. The Kier molecular flexibility index (Phi) is 4.12. The summed E-state index contributed by atoms with van der Waals surface area (Å²) in [6.45, 7) is 0.960. The van der Waals surface area contributed by atoms with Crippen LogP contribution in [0.1, 0.15) is 16.8 Å². The Labute approximate surface area is 118 Å². The lowest BCUT2D eigenvalue weighted by molar-refractivity contribution is 0.0696. The van der Waals surface area contributed by atoms with E-state index in [1.54, 1.807) is 0 Å². The SMILES string of the molecule is CN(C)C1CCN(S(=O)(=O)c2ccc(C(=O)O)cc2)C1. The lowest BCUT2D eigenvalue weighted by Gasteiger charge is -2.20. The third-order valence-electron chi connectivity index (χ3n) is 3.60. The first-order valence-electron chi connectivity index (χ1n) is 6.32. The smallest absolute Gasteiger partial charge is 0.335 e. The average molecular weight is 298 g/mol. The zero-order valence-electron chi connectivity index (χ0n) is 11.5. The minimum absolute atomic E-state index is 0.0801. The number of benzene rings is 1. The van der Waals surface area contributed by atoms with Gasteiger partial charge in [-0.15, -0.1) is 0 Å². The Morgan fingerprint density at radius 1 is 1.30 bits per heavy atom. The Hall–Kier alpha value is -1.44. The molecule has 1 N–H and O–H groups in total. The van der Waals surface area contributed by atoms with Crippen LogP contribution in [0.15, 0.2) is 29.2 Å². The molecule has 0 aromatic heterocycles. The van der Waals surface area contributed by atoms with Gasteiger partial charge in [-0.1, -0.05) is 0 Å². The Bertz CT molecular complexity index is 595. The molecule has 0 bridgehead atoms. The molecule has 0 saturated carbocycles. The van der Waals surface area contributed by atoms with Crippen LogP contribution in [0, 0.1) is 0 Å². The van der Waals surface area contributed by atoms with Crippen molar-refractivity contribution in [2.45, 2.75) is 17.4 Å². The Morgan fingerprint density at radius 2 is 1.90 bits per heavy atom. The number of aromatic carboxylic acids is 1. The van der Waals surface area contributed by atoms with E-state index in [1.165, 1.54) is 28.6 Å². The fraction of sp³-hybridized carbons (Fsp3) is 0.462. The molecule has 1 heterocycles. The summed E-state index contributed by atoms with van der Waals surface area (Å²) >= 11 is 0. The van der Waals surface area contributed by atoms with E-state index >= 15 is 0 Å². The van der Waals surface area contributed by atoms with Crippen LogP contribution in [0.4, 0.5) is 0 Å². The molecule has 2 rings (SSSR count). The van der Waals surface area contributed by atoms with Gasteiger partial charge in [-0.3, -0.25) is 0 Å². The molecule has 1 aliphatic heterocycles. The topological polar surface area (TPSA) is 77.9 Å². The predicted octanol–water partition coefficient (Wildman–Crippen LogP) is 0.709. The van der Waals surface area contributed by atoms with Crippen LogP contribution < -0.4 is 0 Å². The zero-order valence-corrected chi connectivity index (χ0v) is 12.3. The second-order valence-corrected chi connectivity index (χ2v) is 7.04. The van der Waals surface area contributed by atoms with Gasteiger partial charge < -0.3 is 10.0 Å². The van der Waals surface area contributed by atoms with E-state index in [-0.39, 0.29) is 16.5 Å². The van der Waals surface area contributed by atoms with Crippen LogP contribution in [-0.2, 0) is 10.0 Å². The van der Waals surface area contributed by atoms with Gasteiger partial charge >= 0.3 is 5.97 Å². The van der Waals surface area contributed by atoms with Gasteiger partial charge in [-0.05, 0) is 44.8 Å². The monoisotopic (exact) mass is 298 g/mol. The van der Waals surface area contributed by atoms with Gasteiger partial charge in [-0.25, -0.2) is 13.2 Å². The molecular weight excluding hydrogens is 280 g/mol. The first-order chi connectivity index (χ1) is 9.32.